The summed E-state index contributed by atoms with van der Waals surface area (Å²) in [6, 6.07) is 5.08. The molecule has 7 heteroatoms. The van der Waals surface area contributed by atoms with E-state index in [1.807, 2.05) is 0 Å². The molecule has 0 fully saturated rings. The summed E-state index contributed by atoms with van der Waals surface area (Å²) in [5.74, 6) is 0.543. The number of amides is 1. The molecule has 0 unspecified atom stereocenters. The van der Waals surface area contributed by atoms with Crippen molar-refractivity contribution in [1.82, 2.24) is 4.98 Å². The number of benzene rings is 1. The molecule has 0 radical (unpaired) electrons. The van der Waals surface area contributed by atoms with Crippen molar-refractivity contribution in [3.8, 4) is 5.75 Å². The maximum absolute atomic E-state index is 12.0. The lowest BCUT2D eigenvalue weighted by atomic mass is 10.0. The number of aromatic nitrogens is 1. The molecule has 1 aliphatic carbocycles. The number of hydrogen-bond acceptors (Lipinski definition) is 4. The highest BCUT2D eigenvalue weighted by molar-refractivity contribution is 7.15. The van der Waals surface area contributed by atoms with Crippen LogP contribution in [0, 0.1) is 0 Å². The Kier molecular flexibility index (Phi) is 5.98. The minimum absolute atomic E-state index is 0.0353. The number of anilines is 1. The number of carbonyl (C=O) groups is 1. The fourth-order valence-electron chi connectivity index (χ4n) is 2.59. The van der Waals surface area contributed by atoms with Gasteiger partial charge in [-0.1, -0.05) is 23.2 Å². The Morgan fingerprint density at radius 3 is 2.92 bits per heavy atom. The topological polar surface area (TPSA) is 51.2 Å². The predicted octanol–water partition coefficient (Wildman–Crippen LogP) is 5.13. The van der Waals surface area contributed by atoms with Crippen molar-refractivity contribution >= 4 is 45.6 Å². The number of hydrogen-bond donors (Lipinski definition) is 1. The minimum Gasteiger partial charge on any atom is -0.492 e. The lowest BCUT2D eigenvalue weighted by Gasteiger charge is -2.08. The van der Waals surface area contributed by atoms with Crippen LogP contribution in [0.4, 0.5) is 5.13 Å². The number of halogens is 2. The molecule has 3 rings (SSSR count). The fraction of sp³-hybridized carbons (Fsp3) is 0.412. The molecule has 1 aliphatic rings. The Morgan fingerprint density at radius 1 is 1.29 bits per heavy atom. The number of thiazole rings is 1. The van der Waals surface area contributed by atoms with Gasteiger partial charge >= 0.3 is 0 Å². The molecule has 24 heavy (non-hydrogen) atoms. The van der Waals surface area contributed by atoms with E-state index in [-0.39, 0.29) is 5.91 Å². The molecule has 1 amide bonds. The molecule has 4 nitrogen and oxygen atoms in total. The predicted molar refractivity (Wildman–Crippen MR) is 98.6 cm³/mol. The third-order valence-electron chi connectivity index (χ3n) is 3.79. The summed E-state index contributed by atoms with van der Waals surface area (Å²) in [5, 5.41) is 4.64. The molecule has 0 atom stereocenters. The first-order valence-electron chi connectivity index (χ1n) is 7.98. The zero-order valence-corrected chi connectivity index (χ0v) is 15.4. The average Bonchev–Trinajstić information content (AvgIpc) is 2.95. The summed E-state index contributed by atoms with van der Waals surface area (Å²) in [7, 11) is 0. The fourth-order valence-corrected chi connectivity index (χ4v) is 4.12. The molecular formula is C17H18Cl2N2O2S. The zero-order valence-electron chi connectivity index (χ0n) is 13.1. The van der Waals surface area contributed by atoms with E-state index in [2.05, 4.69) is 10.3 Å². The molecule has 0 spiro atoms. The summed E-state index contributed by atoms with van der Waals surface area (Å²) in [5.41, 5.74) is 1.15. The Hall–Kier alpha value is -1.30. The number of fused-ring (bicyclic) bond motifs is 1. The van der Waals surface area contributed by atoms with E-state index in [1.165, 1.54) is 17.7 Å². The molecule has 1 N–H and O–H groups in total. The second kappa shape index (κ2) is 8.19. The van der Waals surface area contributed by atoms with E-state index in [4.69, 9.17) is 27.9 Å². The summed E-state index contributed by atoms with van der Waals surface area (Å²) in [6.07, 6.45) is 5.50. The molecule has 0 bridgehead atoms. The van der Waals surface area contributed by atoms with Crippen LogP contribution < -0.4 is 10.1 Å². The normalized spacial score (nSPS) is 13.4. The zero-order chi connectivity index (χ0) is 16.9. The first-order chi connectivity index (χ1) is 11.6. The maximum Gasteiger partial charge on any atom is 0.226 e. The summed E-state index contributed by atoms with van der Waals surface area (Å²) >= 11 is 13.5. The van der Waals surface area contributed by atoms with Crippen LogP contribution in [0.1, 0.15) is 36.3 Å². The van der Waals surface area contributed by atoms with Gasteiger partial charge in [-0.3, -0.25) is 4.79 Å². The summed E-state index contributed by atoms with van der Waals surface area (Å²) in [6.45, 7) is 0.420. The van der Waals surface area contributed by atoms with Crippen LogP contribution in [-0.4, -0.2) is 17.5 Å². The largest absolute Gasteiger partial charge is 0.492 e. The van der Waals surface area contributed by atoms with Crippen molar-refractivity contribution in [1.29, 1.82) is 0 Å². The van der Waals surface area contributed by atoms with Crippen LogP contribution in [0.5, 0.6) is 5.75 Å². The van der Waals surface area contributed by atoms with Gasteiger partial charge in [0, 0.05) is 16.3 Å². The molecule has 1 heterocycles. The Labute approximate surface area is 155 Å². The standard InChI is InChI=1S/C17H18Cl2N2O2S/c18-11-7-8-14(12(19)10-11)23-9-3-6-16(22)21-17-20-13-4-1-2-5-15(13)24-17/h7-8,10H,1-6,9H2,(H,20,21,22). The second-order valence-corrected chi connectivity index (χ2v) is 7.60. The van der Waals surface area contributed by atoms with E-state index in [1.54, 1.807) is 29.5 Å². The van der Waals surface area contributed by atoms with Crippen LogP contribution >= 0.6 is 34.5 Å². The van der Waals surface area contributed by atoms with Crippen LogP contribution in [0.3, 0.4) is 0 Å². The van der Waals surface area contributed by atoms with E-state index in [0.29, 0.717) is 40.4 Å². The van der Waals surface area contributed by atoms with Crippen molar-refractivity contribution < 1.29 is 9.53 Å². The average molecular weight is 385 g/mol. The molecule has 1 aromatic heterocycles. The van der Waals surface area contributed by atoms with Gasteiger partial charge in [0.25, 0.3) is 0 Å². The first kappa shape index (κ1) is 17.5. The molecule has 1 aromatic carbocycles. The highest BCUT2D eigenvalue weighted by Gasteiger charge is 2.16. The SMILES string of the molecule is O=C(CCCOc1ccc(Cl)cc1Cl)Nc1nc2c(s1)CCCC2. The van der Waals surface area contributed by atoms with Crippen LogP contribution in [0.2, 0.25) is 10.0 Å². The Morgan fingerprint density at radius 2 is 2.12 bits per heavy atom. The first-order valence-corrected chi connectivity index (χ1v) is 9.55. The van der Waals surface area contributed by atoms with E-state index in [0.717, 1.165) is 18.5 Å². The maximum atomic E-state index is 12.0. The second-order valence-electron chi connectivity index (χ2n) is 5.67. The van der Waals surface area contributed by atoms with Crippen LogP contribution in [0.25, 0.3) is 0 Å². The molecule has 0 saturated heterocycles. The number of nitrogens with zero attached hydrogens (tertiary/aromatic N) is 1. The van der Waals surface area contributed by atoms with Crippen LogP contribution in [-0.2, 0) is 17.6 Å². The number of aryl methyl sites for hydroxylation is 2. The molecule has 128 valence electrons. The monoisotopic (exact) mass is 384 g/mol. The van der Waals surface area contributed by atoms with Gasteiger partial charge < -0.3 is 10.1 Å². The quantitative estimate of drug-likeness (QED) is 0.702. The third kappa shape index (κ3) is 4.62. The summed E-state index contributed by atoms with van der Waals surface area (Å²) in [4.78, 5) is 17.8. The smallest absolute Gasteiger partial charge is 0.226 e. The molecule has 0 aliphatic heterocycles. The highest BCUT2D eigenvalue weighted by Crippen LogP contribution is 2.30. The third-order valence-corrected chi connectivity index (χ3v) is 5.39. The number of rotatable bonds is 6. The Balaban J connectivity index is 1.42. The van der Waals surface area contributed by atoms with E-state index in [9.17, 15) is 4.79 Å². The van der Waals surface area contributed by atoms with Gasteiger partial charge in [-0.2, -0.15) is 0 Å². The van der Waals surface area contributed by atoms with E-state index >= 15 is 0 Å². The lowest BCUT2D eigenvalue weighted by molar-refractivity contribution is -0.116. The van der Waals surface area contributed by atoms with Gasteiger partial charge in [0.2, 0.25) is 5.91 Å². The molecule has 2 aromatic rings. The minimum atomic E-state index is -0.0353. The molecule has 0 saturated carbocycles. The number of carbonyl (C=O) groups excluding carboxylic acids is 1. The van der Waals surface area contributed by atoms with Gasteiger partial charge in [0.1, 0.15) is 5.75 Å². The number of ether oxygens (including phenoxy) is 1. The van der Waals surface area contributed by atoms with Gasteiger partial charge in [-0.15, -0.1) is 11.3 Å². The van der Waals surface area contributed by atoms with Crippen molar-refractivity contribution in [2.45, 2.75) is 38.5 Å². The van der Waals surface area contributed by atoms with Gasteiger partial charge in [-0.25, -0.2) is 4.98 Å². The van der Waals surface area contributed by atoms with Crippen molar-refractivity contribution in [3.63, 3.8) is 0 Å². The van der Waals surface area contributed by atoms with Gasteiger partial charge in [0.05, 0.1) is 17.3 Å². The van der Waals surface area contributed by atoms with Crippen molar-refractivity contribution in [2.24, 2.45) is 0 Å². The van der Waals surface area contributed by atoms with Crippen molar-refractivity contribution in [3.05, 3.63) is 38.8 Å². The Bertz CT molecular complexity index is 710. The van der Waals surface area contributed by atoms with Gasteiger partial charge in [0.15, 0.2) is 5.13 Å². The van der Waals surface area contributed by atoms with Gasteiger partial charge in [-0.05, 0) is 50.3 Å². The van der Waals surface area contributed by atoms with Crippen LogP contribution in [0.15, 0.2) is 18.2 Å². The van der Waals surface area contributed by atoms with Crippen molar-refractivity contribution in [2.75, 3.05) is 11.9 Å². The summed E-state index contributed by atoms with van der Waals surface area (Å²) < 4.78 is 5.58. The highest BCUT2D eigenvalue weighted by atomic mass is 35.5. The lowest BCUT2D eigenvalue weighted by Crippen LogP contribution is -2.12. The van der Waals surface area contributed by atoms with E-state index < -0.39 is 0 Å². The molecular weight excluding hydrogens is 367 g/mol. The number of nitrogens with one attached hydrogen (secondary N) is 1.